The Morgan fingerprint density at radius 3 is 2.68 bits per heavy atom. The highest BCUT2D eigenvalue weighted by Crippen LogP contribution is 2.26. The average molecular weight is 301 g/mol. The summed E-state index contributed by atoms with van der Waals surface area (Å²) >= 11 is 0. The molecular formula is C16H23N5O. The lowest BCUT2D eigenvalue weighted by molar-refractivity contribution is 0.0939. The summed E-state index contributed by atoms with van der Waals surface area (Å²) in [6, 6.07) is 6.08. The van der Waals surface area contributed by atoms with E-state index in [0.29, 0.717) is 17.5 Å². The van der Waals surface area contributed by atoms with Crippen LogP contribution < -0.4 is 5.32 Å². The summed E-state index contributed by atoms with van der Waals surface area (Å²) in [5.74, 6) is 0.565. The second-order valence-electron chi connectivity index (χ2n) is 6.38. The highest BCUT2D eigenvalue weighted by Gasteiger charge is 2.22. The van der Waals surface area contributed by atoms with Crippen molar-refractivity contribution in [2.24, 2.45) is 5.92 Å². The van der Waals surface area contributed by atoms with Gasteiger partial charge in [0, 0.05) is 18.2 Å². The van der Waals surface area contributed by atoms with Crippen LogP contribution in [-0.2, 0) is 0 Å². The van der Waals surface area contributed by atoms with Crippen LogP contribution in [0.3, 0.4) is 0 Å². The maximum Gasteiger partial charge on any atom is 0.251 e. The fourth-order valence-electron chi connectivity index (χ4n) is 3.19. The molecule has 1 saturated carbocycles. The van der Waals surface area contributed by atoms with Crippen molar-refractivity contribution in [1.82, 2.24) is 25.6 Å². The van der Waals surface area contributed by atoms with E-state index in [2.05, 4.69) is 39.7 Å². The molecule has 0 bridgehead atoms. The van der Waals surface area contributed by atoms with Crippen molar-refractivity contribution in [3.8, 4) is 0 Å². The Labute approximate surface area is 130 Å². The van der Waals surface area contributed by atoms with Crippen molar-refractivity contribution in [3.63, 3.8) is 0 Å². The molecule has 1 heterocycles. The predicted octanol–water partition coefficient (Wildman–Crippen LogP) is 1.81. The molecule has 3 rings (SSSR count). The number of carbonyl (C=O) groups is 1. The molecule has 22 heavy (non-hydrogen) atoms. The van der Waals surface area contributed by atoms with Crippen molar-refractivity contribution >= 4 is 16.9 Å². The van der Waals surface area contributed by atoms with Crippen LogP contribution in [0.5, 0.6) is 0 Å². The first-order chi connectivity index (χ1) is 10.6. The van der Waals surface area contributed by atoms with Crippen LogP contribution in [0.2, 0.25) is 0 Å². The lowest BCUT2D eigenvalue weighted by Crippen LogP contribution is -2.36. The molecule has 118 valence electrons. The number of carbonyl (C=O) groups excluding carboxylic acids is 1. The van der Waals surface area contributed by atoms with E-state index in [0.717, 1.165) is 17.6 Å². The highest BCUT2D eigenvalue weighted by molar-refractivity contribution is 5.97. The standard InChI is InChI=1S/C16H23N5O/c1-21(2)13-6-3-11(4-7-13)10-17-16(22)12-5-8-14-15(9-12)19-20-18-14/h5,8-9,11,13H,3-4,6-7,10H2,1-2H3,(H,17,22)(H,18,19,20). The second-order valence-corrected chi connectivity index (χ2v) is 6.38. The van der Waals surface area contributed by atoms with Gasteiger partial charge in [0.25, 0.3) is 5.91 Å². The number of benzene rings is 1. The molecule has 1 aliphatic carbocycles. The molecule has 2 aromatic rings. The number of nitrogens with zero attached hydrogens (tertiary/aromatic N) is 3. The fraction of sp³-hybridized carbons (Fsp3) is 0.562. The van der Waals surface area contributed by atoms with Crippen molar-refractivity contribution in [2.75, 3.05) is 20.6 Å². The van der Waals surface area contributed by atoms with Crippen LogP contribution in [0.25, 0.3) is 11.0 Å². The summed E-state index contributed by atoms with van der Waals surface area (Å²) in [6.07, 6.45) is 4.81. The van der Waals surface area contributed by atoms with E-state index in [-0.39, 0.29) is 5.91 Å². The third-order valence-corrected chi connectivity index (χ3v) is 4.68. The monoisotopic (exact) mass is 301 g/mol. The van der Waals surface area contributed by atoms with E-state index < -0.39 is 0 Å². The van der Waals surface area contributed by atoms with Crippen molar-refractivity contribution in [2.45, 2.75) is 31.7 Å². The zero-order valence-electron chi connectivity index (χ0n) is 13.2. The van der Waals surface area contributed by atoms with Gasteiger partial charge in [0.1, 0.15) is 11.0 Å². The molecule has 1 fully saturated rings. The number of hydrogen-bond donors (Lipinski definition) is 2. The lowest BCUT2D eigenvalue weighted by atomic mass is 9.85. The normalized spacial score (nSPS) is 22.1. The van der Waals surface area contributed by atoms with E-state index >= 15 is 0 Å². The molecule has 1 aliphatic rings. The van der Waals surface area contributed by atoms with Gasteiger partial charge in [-0.1, -0.05) is 0 Å². The Kier molecular flexibility index (Phi) is 4.38. The van der Waals surface area contributed by atoms with Crippen LogP contribution in [-0.4, -0.2) is 52.9 Å². The highest BCUT2D eigenvalue weighted by atomic mass is 16.1. The van der Waals surface area contributed by atoms with Gasteiger partial charge in [0.15, 0.2) is 0 Å². The zero-order chi connectivity index (χ0) is 15.5. The smallest absolute Gasteiger partial charge is 0.251 e. The van der Waals surface area contributed by atoms with Crippen LogP contribution in [0.4, 0.5) is 0 Å². The molecular weight excluding hydrogens is 278 g/mol. The average Bonchev–Trinajstić information content (AvgIpc) is 3.00. The molecule has 0 atom stereocenters. The Balaban J connectivity index is 1.52. The summed E-state index contributed by atoms with van der Waals surface area (Å²) in [7, 11) is 4.29. The first kappa shape index (κ1) is 15.0. The number of H-pyrrole nitrogens is 1. The quantitative estimate of drug-likeness (QED) is 0.903. The Morgan fingerprint density at radius 2 is 1.95 bits per heavy atom. The van der Waals surface area contributed by atoms with E-state index in [1.165, 1.54) is 25.7 Å². The molecule has 1 aromatic heterocycles. The van der Waals surface area contributed by atoms with Crippen LogP contribution >= 0.6 is 0 Å². The maximum absolute atomic E-state index is 12.2. The third-order valence-electron chi connectivity index (χ3n) is 4.68. The molecule has 6 nitrogen and oxygen atoms in total. The second kappa shape index (κ2) is 6.44. The SMILES string of the molecule is CN(C)C1CCC(CNC(=O)c2ccc3n[nH]nc3c2)CC1. The number of fused-ring (bicyclic) bond motifs is 1. The summed E-state index contributed by atoms with van der Waals surface area (Å²) in [5.41, 5.74) is 2.14. The van der Waals surface area contributed by atoms with Gasteiger partial charge in [0.2, 0.25) is 0 Å². The number of hydrogen-bond acceptors (Lipinski definition) is 4. The molecule has 0 spiro atoms. The van der Waals surface area contributed by atoms with Crippen molar-refractivity contribution in [1.29, 1.82) is 0 Å². The summed E-state index contributed by atoms with van der Waals surface area (Å²) in [6.45, 7) is 0.760. The largest absolute Gasteiger partial charge is 0.352 e. The number of amides is 1. The summed E-state index contributed by atoms with van der Waals surface area (Å²) in [5, 5.41) is 13.6. The molecule has 0 aliphatic heterocycles. The Bertz CT molecular complexity index is 643. The van der Waals surface area contributed by atoms with Crippen molar-refractivity contribution in [3.05, 3.63) is 23.8 Å². The van der Waals surface area contributed by atoms with Gasteiger partial charge in [-0.05, 0) is 63.9 Å². The first-order valence-corrected chi connectivity index (χ1v) is 7.88. The minimum absolute atomic E-state index is 0.0281. The van der Waals surface area contributed by atoms with Gasteiger partial charge in [-0.25, -0.2) is 0 Å². The third kappa shape index (κ3) is 3.27. The molecule has 1 amide bonds. The molecule has 6 heteroatoms. The zero-order valence-corrected chi connectivity index (χ0v) is 13.2. The maximum atomic E-state index is 12.2. The topological polar surface area (TPSA) is 73.9 Å². The van der Waals surface area contributed by atoms with Gasteiger partial charge in [-0.2, -0.15) is 15.4 Å². The van der Waals surface area contributed by atoms with E-state index in [9.17, 15) is 4.79 Å². The molecule has 2 N–H and O–H groups in total. The molecule has 0 saturated heterocycles. The number of nitrogens with one attached hydrogen (secondary N) is 2. The van der Waals surface area contributed by atoms with Crippen LogP contribution in [0, 0.1) is 5.92 Å². The van der Waals surface area contributed by atoms with Gasteiger partial charge >= 0.3 is 0 Å². The van der Waals surface area contributed by atoms with Gasteiger partial charge in [-0.15, -0.1) is 0 Å². The van der Waals surface area contributed by atoms with Crippen LogP contribution in [0.15, 0.2) is 18.2 Å². The van der Waals surface area contributed by atoms with Gasteiger partial charge < -0.3 is 10.2 Å². The van der Waals surface area contributed by atoms with E-state index in [1.54, 1.807) is 12.1 Å². The summed E-state index contributed by atoms with van der Waals surface area (Å²) < 4.78 is 0. The number of aromatic amines is 1. The summed E-state index contributed by atoms with van der Waals surface area (Å²) in [4.78, 5) is 14.6. The lowest BCUT2D eigenvalue weighted by Gasteiger charge is -2.32. The van der Waals surface area contributed by atoms with Crippen molar-refractivity contribution < 1.29 is 4.79 Å². The molecule has 0 unspecified atom stereocenters. The number of rotatable bonds is 4. The fourth-order valence-corrected chi connectivity index (χ4v) is 3.19. The van der Waals surface area contributed by atoms with Gasteiger partial charge in [-0.3, -0.25) is 4.79 Å². The minimum Gasteiger partial charge on any atom is -0.352 e. The first-order valence-electron chi connectivity index (χ1n) is 7.88. The Morgan fingerprint density at radius 1 is 1.23 bits per heavy atom. The number of aromatic nitrogens is 3. The van der Waals surface area contributed by atoms with Gasteiger partial charge in [0.05, 0.1) is 0 Å². The van der Waals surface area contributed by atoms with E-state index in [1.807, 2.05) is 6.07 Å². The van der Waals surface area contributed by atoms with Crippen LogP contribution in [0.1, 0.15) is 36.0 Å². The predicted molar refractivity (Wildman–Crippen MR) is 85.7 cm³/mol. The Hall–Kier alpha value is -1.95. The minimum atomic E-state index is -0.0281. The molecule has 0 radical (unpaired) electrons. The molecule has 1 aromatic carbocycles. The van der Waals surface area contributed by atoms with E-state index in [4.69, 9.17) is 0 Å².